The molecule has 0 spiro atoms. The second-order valence-corrected chi connectivity index (χ2v) is 4.44. The van der Waals surface area contributed by atoms with Crippen LogP contribution in [0.5, 0.6) is 5.75 Å². The van der Waals surface area contributed by atoms with Gasteiger partial charge >= 0.3 is 0 Å². The Morgan fingerprint density at radius 2 is 1.40 bits per heavy atom. The minimum Gasteiger partial charge on any atom is -0.428 e. The number of fused-ring (bicyclic) bond motifs is 1. The average Bonchev–Trinajstić information content (AvgIpc) is 2.53. The van der Waals surface area contributed by atoms with Crippen LogP contribution >= 0.6 is 12.9 Å². The fourth-order valence-corrected chi connectivity index (χ4v) is 2.19. The maximum Gasteiger partial charge on any atom is 0.144 e. The number of hydrogen-bond donors (Lipinski definition) is 1. The van der Waals surface area contributed by atoms with Crippen molar-refractivity contribution in [1.82, 2.24) is 0 Å². The van der Waals surface area contributed by atoms with E-state index in [4.69, 9.17) is 4.18 Å². The molecule has 0 saturated heterocycles. The van der Waals surface area contributed by atoms with Gasteiger partial charge in [-0.3, -0.25) is 0 Å². The first-order valence-electron chi connectivity index (χ1n) is 6.18. The molecule has 3 aromatic carbocycles. The third kappa shape index (κ3) is 2.51. The molecule has 0 N–H and O–H groups in total. The normalized spacial score (nSPS) is 11.1. The highest BCUT2D eigenvalue weighted by Gasteiger charge is 2.05. The number of azo groups is 1. The minimum absolute atomic E-state index is 0.711. The van der Waals surface area contributed by atoms with Gasteiger partial charge in [-0.1, -0.05) is 42.5 Å². The largest absolute Gasteiger partial charge is 0.428 e. The molecule has 0 amide bonds. The van der Waals surface area contributed by atoms with Gasteiger partial charge in [0.05, 0.1) is 11.4 Å². The quantitative estimate of drug-likeness (QED) is 0.385. The van der Waals surface area contributed by atoms with Gasteiger partial charge in [-0.2, -0.15) is 5.11 Å². The van der Waals surface area contributed by atoms with Crippen LogP contribution in [0.15, 0.2) is 77.0 Å². The Bertz CT molecular complexity index is 757. The van der Waals surface area contributed by atoms with Crippen molar-refractivity contribution in [3.8, 4) is 5.75 Å². The summed E-state index contributed by atoms with van der Waals surface area (Å²) in [5.74, 6) is 0.711. The van der Waals surface area contributed by atoms with Crippen LogP contribution in [0, 0.1) is 0 Å². The molecule has 0 aliphatic heterocycles. The fourth-order valence-electron chi connectivity index (χ4n) is 2.03. The molecule has 0 atom stereocenters. The SMILES string of the molecule is SOc1ccc(N=Nc2ccccc2)c2ccccc12. The van der Waals surface area contributed by atoms with Crippen molar-refractivity contribution in [2.45, 2.75) is 0 Å². The fraction of sp³-hybridized carbons (Fsp3) is 0. The molecular weight excluding hydrogens is 268 g/mol. The summed E-state index contributed by atoms with van der Waals surface area (Å²) in [5, 5.41) is 10.5. The molecule has 0 aliphatic carbocycles. The van der Waals surface area contributed by atoms with Crippen LogP contribution in [0.4, 0.5) is 11.4 Å². The Hall–Kier alpha value is -2.33. The molecule has 98 valence electrons. The van der Waals surface area contributed by atoms with Gasteiger partial charge in [0.2, 0.25) is 0 Å². The lowest BCUT2D eigenvalue weighted by Crippen LogP contribution is -1.79. The van der Waals surface area contributed by atoms with Crippen molar-refractivity contribution < 1.29 is 4.18 Å². The highest BCUT2D eigenvalue weighted by atomic mass is 32.1. The lowest BCUT2D eigenvalue weighted by Gasteiger charge is -2.05. The number of thiol groups is 1. The monoisotopic (exact) mass is 280 g/mol. The predicted octanol–water partition coefficient (Wildman–Crippen LogP) is 5.48. The second-order valence-electron chi connectivity index (χ2n) is 4.26. The number of benzene rings is 3. The van der Waals surface area contributed by atoms with Gasteiger partial charge in [-0.05, 0) is 24.3 Å². The molecule has 20 heavy (non-hydrogen) atoms. The van der Waals surface area contributed by atoms with Crippen LogP contribution in [0.2, 0.25) is 0 Å². The van der Waals surface area contributed by atoms with Crippen LogP contribution in [-0.2, 0) is 0 Å². The van der Waals surface area contributed by atoms with Gasteiger partial charge in [0.25, 0.3) is 0 Å². The van der Waals surface area contributed by atoms with E-state index in [1.54, 1.807) is 0 Å². The lowest BCUT2D eigenvalue weighted by molar-refractivity contribution is 0.667. The summed E-state index contributed by atoms with van der Waals surface area (Å²) >= 11 is 3.88. The Morgan fingerprint density at radius 1 is 0.700 bits per heavy atom. The molecule has 0 heterocycles. The summed E-state index contributed by atoms with van der Waals surface area (Å²) in [5.41, 5.74) is 1.63. The summed E-state index contributed by atoms with van der Waals surface area (Å²) in [4.78, 5) is 0. The van der Waals surface area contributed by atoms with E-state index in [1.807, 2.05) is 66.7 Å². The van der Waals surface area contributed by atoms with Crippen LogP contribution in [0.3, 0.4) is 0 Å². The van der Waals surface area contributed by atoms with Crippen molar-refractivity contribution in [3.63, 3.8) is 0 Å². The van der Waals surface area contributed by atoms with Gasteiger partial charge in [0, 0.05) is 23.7 Å². The van der Waals surface area contributed by atoms with E-state index < -0.39 is 0 Å². The van der Waals surface area contributed by atoms with Crippen LogP contribution < -0.4 is 4.18 Å². The lowest BCUT2D eigenvalue weighted by atomic mass is 10.1. The molecule has 0 saturated carbocycles. The minimum atomic E-state index is 0.711. The van der Waals surface area contributed by atoms with Gasteiger partial charge < -0.3 is 4.18 Å². The van der Waals surface area contributed by atoms with Crippen LogP contribution in [-0.4, -0.2) is 0 Å². The Kier molecular flexibility index (Phi) is 3.65. The highest BCUT2D eigenvalue weighted by Crippen LogP contribution is 2.34. The zero-order chi connectivity index (χ0) is 13.8. The van der Waals surface area contributed by atoms with Crippen LogP contribution in [0.1, 0.15) is 0 Å². The predicted molar refractivity (Wildman–Crippen MR) is 84.2 cm³/mol. The third-order valence-electron chi connectivity index (χ3n) is 2.99. The van der Waals surface area contributed by atoms with Crippen molar-refractivity contribution >= 4 is 35.1 Å². The molecule has 3 rings (SSSR count). The summed E-state index contributed by atoms with van der Waals surface area (Å²) in [6.45, 7) is 0. The second kappa shape index (κ2) is 5.75. The van der Waals surface area contributed by atoms with Gasteiger partial charge in [0.1, 0.15) is 5.75 Å². The average molecular weight is 280 g/mol. The maximum absolute atomic E-state index is 5.07. The van der Waals surface area contributed by atoms with Crippen molar-refractivity contribution in [3.05, 3.63) is 66.7 Å². The Morgan fingerprint density at radius 3 is 2.15 bits per heavy atom. The van der Waals surface area contributed by atoms with Crippen LogP contribution in [0.25, 0.3) is 10.8 Å². The summed E-state index contributed by atoms with van der Waals surface area (Å²) in [6, 6.07) is 21.3. The molecule has 0 aliphatic rings. The topological polar surface area (TPSA) is 34.0 Å². The maximum atomic E-state index is 5.07. The molecule has 4 heteroatoms. The van der Waals surface area contributed by atoms with Gasteiger partial charge in [-0.25, -0.2) is 0 Å². The summed E-state index contributed by atoms with van der Waals surface area (Å²) in [7, 11) is 0. The zero-order valence-corrected chi connectivity index (χ0v) is 11.5. The summed E-state index contributed by atoms with van der Waals surface area (Å²) < 4.78 is 5.07. The van der Waals surface area contributed by atoms with E-state index >= 15 is 0 Å². The standard InChI is InChI=1S/C16H12N2OS/c20-19-16-11-10-15(13-8-4-5-9-14(13)16)18-17-12-6-2-1-3-7-12/h1-11,20H. The molecule has 0 aromatic heterocycles. The van der Waals surface area contributed by atoms with E-state index in [9.17, 15) is 0 Å². The summed E-state index contributed by atoms with van der Waals surface area (Å²) in [6.07, 6.45) is 0. The highest BCUT2D eigenvalue weighted by molar-refractivity contribution is 7.75. The van der Waals surface area contributed by atoms with Crippen molar-refractivity contribution in [2.75, 3.05) is 0 Å². The van der Waals surface area contributed by atoms with E-state index in [0.29, 0.717) is 5.75 Å². The molecular formula is C16H12N2OS. The van der Waals surface area contributed by atoms with E-state index in [1.165, 1.54) is 0 Å². The number of hydrogen-bond acceptors (Lipinski definition) is 4. The van der Waals surface area contributed by atoms with E-state index in [0.717, 1.165) is 22.1 Å². The first kappa shape index (κ1) is 12.7. The molecule has 0 fully saturated rings. The first-order valence-corrected chi connectivity index (χ1v) is 6.55. The molecule has 3 nitrogen and oxygen atoms in total. The Balaban J connectivity index is 2.07. The number of rotatable bonds is 3. The van der Waals surface area contributed by atoms with Crippen molar-refractivity contribution in [1.29, 1.82) is 0 Å². The van der Waals surface area contributed by atoms with Gasteiger partial charge in [0.15, 0.2) is 0 Å². The molecule has 0 unspecified atom stereocenters. The molecule has 3 aromatic rings. The Labute approximate surface area is 122 Å². The third-order valence-corrected chi connectivity index (χ3v) is 3.19. The first-order chi connectivity index (χ1) is 9.88. The molecule has 0 bridgehead atoms. The number of nitrogens with zero attached hydrogens (tertiary/aromatic N) is 2. The zero-order valence-electron chi connectivity index (χ0n) is 10.6. The molecule has 0 radical (unpaired) electrons. The van der Waals surface area contributed by atoms with E-state index in [-0.39, 0.29) is 0 Å². The smallest absolute Gasteiger partial charge is 0.144 e. The van der Waals surface area contributed by atoms with Crippen molar-refractivity contribution in [2.24, 2.45) is 10.2 Å². The van der Waals surface area contributed by atoms with Gasteiger partial charge in [-0.15, -0.1) is 5.11 Å². The van der Waals surface area contributed by atoms with E-state index in [2.05, 4.69) is 23.1 Å².